The summed E-state index contributed by atoms with van der Waals surface area (Å²) in [6, 6.07) is 12.8. The summed E-state index contributed by atoms with van der Waals surface area (Å²) in [6.07, 6.45) is -4.78. The van der Waals surface area contributed by atoms with Crippen molar-refractivity contribution in [1.29, 1.82) is 0 Å². The van der Waals surface area contributed by atoms with Crippen LogP contribution in [0.5, 0.6) is 0 Å². The van der Waals surface area contributed by atoms with E-state index in [1.54, 1.807) is 32.9 Å². The van der Waals surface area contributed by atoms with E-state index in [0.717, 1.165) is 6.07 Å². The summed E-state index contributed by atoms with van der Waals surface area (Å²) in [4.78, 5) is 0. The number of anilines is 1. The number of piperazine rings is 1. The molecule has 0 radical (unpaired) electrons. The third-order valence-corrected chi connectivity index (χ3v) is 6.33. The average Bonchev–Trinajstić information content (AvgIpc) is 3.36. The zero-order chi connectivity index (χ0) is 24.7. The fraction of sp³-hybridized carbons (Fsp3) is 0.364. The first-order valence-corrected chi connectivity index (χ1v) is 11.8. The van der Waals surface area contributed by atoms with E-state index in [4.69, 9.17) is 0 Å². The van der Waals surface area contributed by atoms with Gasteiger partial charge in [-0.25, -0.2) is 12.9 Å². The molecule has 1 aromatic heterocycles. The number of halogens is 4. The van der Waals surface area contributed by atoms with Crippen LogP contribution in [0.3, 0.4) is 0 Å². The van der Waals surface area contributed by atoms with E-state index in [0.29, 0.717) is 31.9 Å². The Morgan fingerprint density at radius 3 is 2.35 bits per heavy atom. The Balaban J connectivity index is 0.00000158. The van der Waals surface area contributed by atoms with E-state index in [1.807, 2.05) is 19.9 Å². The second kappa shape index (κ2) is 11.5. The van der Waals surface area contributed by atoms with Gasteiger partial charge in [-0.15, -0.1) is 10.2 Å². The van der Waals surface area contributed by atoms with Crippen LogP contribution in [0.2, 0.25) is 0 Å². The van der Waals surface area contributed by atoms with Crippen molar-refractivity contribution in [3.8, 4) is 11.5 Å². The monoisotopic (exact) mass is 499 g/mol. The number of para-hydroxylation sites is 1. The molecule has 1 unspecified atom stereocenters. The van der Waals surface area contributed by atoms with Crippen molar-refractivity contribution >= 4 is 16.9 Å². The van der Waals surface area contributed by atoms with Gasteiger partial charge in [0.1, 0.15) is 5.82 Å². The molecule has 3 aromatic rings. The number of benzene rings is 2. The second-order valence-corrected chi connectivity index (χ2v) is 8.42. The van der Waals surface area contributed by atoms with E-state index in [2.05, 4.69) is 19.9 Å². The Kier molecular flexibility index (Phi) is 8.75. The molecule has 1 N–H and O–H groups in total. The number of hydrogen-bond acceptors (Lipinski definition) is 5. The lowest BCUT2D eigenvalue weighted by Crippen LogP contribution is -2.48. The molecule has 2 heterocycles. The van der Waals surface area contributed by atoms with Crippen LogP contribution in [0.4, 0.5) is 23.2 Å². The lowest BCUT2D eigenvalue weighted by Gasteiger charge is -2.32. The van der Waals surface area contributed by atoms with Gasteiger partial charge in [0.2, 0.25) is 5.89 Å². The number of nitrogens with one attached hydrogen (secondary N) is 1. The normalized spacial score (nSPS) is 15.4. The molecular weight excluding hydrogens is 474 g/mol. The molecule has 1 aliphatic rings. The molecule has 0 aliphatic carbocycles. The molecule has 184 valence electrons. The number of aromatic nitrogens is 2. The van der Waals surface area contributed by atoms with E-state index in [9.17, 15) is 21.8 Å². The van der Waals surface area contributed by atoms with E-state index >= 15 is 0 Å². The fourth-order valence-corrected chi connectivity index (χ4v) is 4.51. The van der Waals surface area contributed by atoms with Gasteiger partial charge in [0.15, 0.2) is 11.2 Å². The van der Waals surface area contributed by atoms with Gasteiger partial charge in [-0.1, -0.05) is 38.1 Å². The van der Waals surface area contributed by atoms with Crippen molar-refractivity contribution < 1.29 is 26.2 Å². The molecule has 0 spiro atoms. The van der Waals surface area contributed by atoms with Gasteiger partial charge in [0.25, 0.3) is 0 Å². The third-order valence-electron chi connectivity index (χ3n) is 4.81. The number of hydrogen-bond donors (Lipinski definition) is 1. The summed E-state index contributed by atoms with van der Waals surface area (Å²) in [7, 11) is 0. The summed E-state index contributed by atoms with van der Waals surface area (Å²) < 4.78 is 74.2. The van der Waals surface area contributed by atoms with Crippen LogP contribution in [0.15, 0.2) is 52.9 Å². The maximum absolute atomic E-state index is 14.9. The van der Waals surface area contributed by atoms with Crippen molar-refractivity contribution in [2.24, 2.45) is 0 Å². The topological polar surface area (TPSA) is 74.5 Å². The molecule has 0 amide bonds. The van der Waals surface area contributed by atoms with E-state index in [-0.39, 0.29) is 17.7 Å². The van der Waals surface area contributed by atoms with Gasteiger partial charge >= 0.3 is 12.1 Å². The largest absolute Gasteiger partial charge is 0.470 e. The average molecular weight is 500 g/mol. The summed E-state index contributed by atoms with van der Waals surface area (Å²) in [6.45, 7) is 6.54. The molecule has 12 heteroatoms. The van der Waals surface area contributed by atoms with E-state index in [1.165, 1.54) is 12.1 Å². The number of nitrogens with zero attached hydrogens (tertiary/aromatic N) is 4. The highest BCUT2D eigenvalue weighted by Crippen LogP contribution is 2.31. The van der Waals surface area contributed by atoms with Gasteiger partial charge in [-0.3, -0.25) is 4.31 Å². The predicted molar refractivity (Wildman–Crippen MR) is 121 cm³/mol. The minimum atomic E-state index is -4.78. The van der Waals surface area contributed by atoms with E-state index < -0.39 is 34.9 Å². The summed E-state index contributed by atoms with van der Waals surface area (Å²) in [5.74, 6) is -2.63. The first-order valence-electron chi connectivity index (χ1n) is 10.7. The van der Waals surface area contributed by atoms with Crippen molar-refractivity contribution in [1.82, 2.24) is 19.8 Å². The molecule has 1 aliphatic heterocycles. The molecule has 4 rings (SSSR count). The first kappa shape index (κ1) is 25.8. The standard InChI is InChI=1S/C20H19F4N5O2S.C2H6/c21-17-12-14(18-26-27-19(31-18)20(22,23)24)6-7-15(17)13-29(16-4-2-1-3-5-16)32(30)28-10-8-25-9-11-28;1-2/h1-7,12,25H,8-11,13H2;1-2H3. The molecule has 7 nitrogen and oxygen atoms in total. The van der Waals surface area contributed by atoms with Crippen molar-refractivity contribution in [3.63, 3.8) is 0 Å². The summed E-state index contributed by atoms with van der Waals surface area (Å²) in [5.41, 5.74) is 0.889. The van der Waals surface area contributed by atoms with Crippen LogP contribution in [-0.2, 0) is 23.9 Å². The predicted octanol–water partition coefficient (Wildman–Crippen LogP) is 4.41. The van der Waals surface area contributed by atoms with Crippen LogP contribution in [0.1, 0.15) is 25.3 Å². The molecule has 0 bridgehead atoms. The second-order valence-electron chi connectivity index (χ2n) is 7.00. The Morgan fingerprint density at radius 1 is 1.09 bits per heavy atom. The van der Waals surface area contributed by atoms with Gasteiger partial charge in [-0.2, -0.15) is 13.2 Å². The highest BCUT2D eigenvalue weighted by molar-refractivity contribution is 7.84. The zero-order valence-corrected chi connectivity index (χ0v) is 19.5. The SMILES string of the molecule is CC.O=S(N1CCNCC1)N(Cc1ccc(-c2nnc(C(F)(F)F)o2)cc1F)c1ccccc1. The number of rotatable bonds is 6. The van der Waals surface area contributed by atoms with Gasteiger partial charge < -0.3 is 9.73 Å². The quantitative estimate of drug-likeness (QED) is 0.509. The lowest BCUT2D eigenvalue weighted by atomic mass is 10.1. The minimum Gasteiger partial charge on any atom is -0.413 e. The summed E-state index contributed by atoms with van der Waals surface area (Å²) >= 11 is -1.56. The minimum absolute atomic E-state index is 0.00962. The lowest BCUT2D eigenvalue weighted by molar-refractivity contribution is -0.156. The Labute approximate surface area is 197 Å². The van der Waals surface area contributed by atoms with Crippen LogP contribution in [-0.4, -0.2) is 44.9 Å². The van der Waals surface area contributed by atoms with Gasteiger partial charge in [0, 0.05) is 37.3 Å². The van der Waals surface area contributed by atoms with Crippen LogP contribution >= 0.6 is 0 Å². The Morgan fingerprint density at radius 2 is 1.76 bits per heavy atom. The molecule has 34 heavy (non-hydrogen) atoms. The highest BCUT2D eigenvalue weighted by atomic mass is 32.2. The maximum atomic E-state index is 14.9. The smallest absolute Gasteiger partial charge is 0.413 e. The van der Waals surface area contributed by atoms with Gasteiger partial charge in [-0.05, 0) is 24.3 Å². The molecular formula is C22H25F4N5O2S. The fourth-order valence-electron chi connectivity index (χ4n) is 3.19. The summed E-state index contributed by atoms with van der Waals surface area (Å²) in [5, 5.41) is 9.50. The van der Waals surface area contributed by atoms with Crippen molar-refractivity contribution in [3.05, 3.63) is 65.8 Å². The van der Waals surface area contributed by atoms with Gasteiger partial charge in [0.05, 0.1) is 12.2 Å². The van der Waals surface area contributed by atoms with Crippen LogP contribution in [0, 0.1) is 5.82 Å². The van der Waals surface area contributed by atoms with Crippen molar-refractivity contribution in [2.45, 2.75) is 26.6 Å². The molecule has 1 saturated heterocycles. The van der Waals surface area contributed by atoms with Crippen LogP contribution in [0.25, 0.3) is 11.5 Å². The number of alkyl halides is 3. The first-order chi connectivity index (χ1) is 16.3. The molecule has 2 aromatic carbocycles. The highest BCUT2D eigenvalue weighted by Gasteiger charge is 2.38. The maximum Gasteiger partial charge on any atom is 0.470 e. The molecule has 1 fully saturated rings. The van der Waals surface area contributed by atoms with Crippen molar-refractivity contribution in [2.75, 3.05) is 30.5 Å². The molecule has 0 saturated carbocycles. The molecule has 1 atom stereocenters. The Bertz CT molecular complexity index is 1090. The zero-order valence-electron chi connectivity index (χ0n) is 18.7. The third kappa shape index (κ3) is 6.19. The van der Waals surface area contributed by atoms with Crippen LogP contribution < -0.4 is 9.62 Å². The Hall–Kier alpha value is -2.83.